The van der Waals surface area contributed by atoms with Crippen molar-refractivity contribution in [2.24, 2.45) is 0 Å². The standard InChI is InChI=1S/C14H16N2O6/c15-9-2-1-3-10(4-9)16(5-11-7-19-13(17)21-11)6-12-8-20-14(18)22-12/h1-4,11-12H,5-8,15H2. The number of cyclic esters (lactones) is 4. The predicted octanol–water partition coefficient (Wildman–Crippen LogP) is 1.15. The van der Waals surface area contributed by atoms with E-state index in [2.05, 4.69) is 0 Å². The molecular formula is C14H16N2O6. The molecule has 3 rings (SSSR count). The summed E-state index contributed by atoms with van der Waals surface area (Å²) in [6.45, 7) is 1.20. The Morgan fingerprint density at radius 3 is 2.09 bits per heavy atom. The van der Waals surface area contributed by atoms with Crippen molar-refractivity contribution in [3.63, 3.8) is 0 Å². The molecule has 0 bridgehead atoms. The summed E-state index contributed by atoms with van der Waals surface area (Å²) in [5, 5.41) is 0. The Kier molecular flexibility index (Phi) is 3.90. The molecule has 0 aliphatic carbocycles. The van der Waals surface area contributed by atoms with Crippen LogP contribution in [0.1, 0.15) is 0 Å². The molecule has 0 spiro atoms. The minimum Gasteiger partial charge on any atom is -0.430 e. The second kappa shape index (κ2) is 6.00. The van der Waals surface area contributed by atoms with E-state index in [0.717, 1.165) is 5.69 Å². The molecule has 0 radical (unpaired) electrons. The maximum absolute atomic E-state index is 11.0. The first-order valence-corrected chi connectivity index (χ1v) is 6.87. The highest BCUT2D eigenvalue weighted by Gasteiger charge is 2.31. The van der Waals surface area contributed by atoms with Crippen LogP contribution >= 0.6 is 0 Å². The number of nitrogen functional groups attached to an aromatic ring is 1. The van der Waals surface area contributed by atoms with Crippen LogP contribution in [0.15, 0.2) is 24.3 Å². The van der Waals surface area contributed by atoms with E-state index in [4.69, 9.17) is 24.7 Å². The third kappa shape index (κ3) is 3.33. The Balaban J connectivity index is 1.72. The Hall–Kier alpha value is -2.64. The molecule has 1 aromatic carbocycles. The summed E-state index contributed by atoms with van der Waals surface area (Å²) in [7, 11) is 0. The van der Waals surface area contributed by atoms with Crippen LogP contribution in [0.25, 0.3) is 0 Å². The van der Waals surface area contributed by atoms with Crippen molar-refractivity contribution in [3.05, 3.63) is 24.3 Å². The zero-order valence-electron chi connectivity index (χ0n) is 11.8. The van der Waals surface area contributed by atoms with Crippen molar-refractivity contribution >= 4 is 23.7 Å². The van der Waals surface area contributed by atoms with Gasteiger partial charge in [-0.15, -0.1) is 0 Å². The normalized spacial score (nSPS) is 23.5. The van der Waals surface area contributed by atoms with Crippen molar-refractivity contribution in [2.45, 2.75) is 12.2 Å². The Morgan fingerprint density at radius 1 is 1.05 bits per heavy atom. The van der Waals surface area contributed by atoms with Gasteiger partial charge in [-0.3, -0.25) is 0 Å². The smallest absolute Gasteiger partial charge is 0.430 e. The summed E-state index contributed by atoms with van der Waals surface area (Å²) in [5.41, 5.74) is 7.26. The van der Waals surface area contributed by atoms with Crippen molar-refractivity contribution < 1.29 is 28.5 Å². The topological polar surface area (TPSA) is 100 Å². The number of carbonyl (C=O) groups is 2. The minimum absolute atomic E-state index is 0.193. The summed E-state index contributed by atoms with van der Waals surface area (Å²) in [6, 6.07) is 7.28. The molecule has 2 aliphatic heterocycles. The highest BCUT2D eigenvalue weighted by atomic mass is 16.8. The van der Waals surface area contributed by atoms with Gasteiger partial charge in [0.15, 0.2) is 12.2 Å². The van der Waals surface area contributed by atoms with Crippen LogP contribution in [-0.2, 0) is 18.9 Å². The first-order valence-electron chi connectivity index (χ1n) is 6.87. The van der Waals surface area contributed by atoms with E-state index in [9.17, 15) is 9.59 Å². The van der Waals surface area contributed by atoms with Crippen molar-refractivity contribution in [1.29, 1.82) is 0 Å². The lowest BCUT2D eigenvalue weighted by molar-refractivity contribution is 0.116. The molecule has 0 saturated carbocycles. The molecule has 8 heteroatoms. The van der Waals surface area contributed by atoms with E-state index < -0.39 is 12.3 Å². The molecule has 118 valence electrons. The number of nitrogens with zero attached hydrogens (tertiary/aromatic N) is 1. The zero-order chi connectivity index (χ0) is 15.5. The fourth-order valence-corrected chi connectivity index (χ4v) is 2.41. The molecular weight excluding hydrogens is 292 g/mol. The number of ether oxygens (including phenoxy) is 4. The van der Waals surface area contributed by atoms with Crippen molar-refractivity contribution in [1.82, 2.24) is 0 Å². The highest BCUT2D eigenvalue weighted by Crippen LogP contribution is 2.21. The largest absolute Gasteiger partial charge is 0.508 e. The highest BCUT2D eigenvalue weighted by molar-refractivity contribution is 5.63. The maximum Gasteiger partial charge on any atom is 0.508 e. The van der Waals surface area contributed by atoms with Gasteiger partial charge in [0.1, 0.15) is 13.2 Å². The van der Waals surface area contributed by atoms with Gasteiger partial charge in [-0.1, -0.05) is 6.07 Å². The van der Waals surface area contributed by atoms with Gasteiger partial charge >= 0.3 is 12.3 Å². The number of hydrogen-bond donors (Lipinski definition) is 1. The lowest BCUT2D eigenvalue weighted by Gasteiger charge is -2.28. The number of anilines is 2. The number of rotatable bonds is 5. The second-order valence-corrected chi connectivity index (χ2v) is 5.10. The van der Waals surface area contributed by atoms with Crippen LogP contribution in [0.3, 0.4) is 0 Å². The van der Waals surface area contributed by atoms with Gasteiger partial charge in [0.05, 0.1) is 13.1 Å². The molecule has 8 nitrogen and oxygen atoms in total. The first kappa shape index (κ1) is 14.3. The number of nitrogens with two attached hydrogens (primary N) is 1. The van der Waals surface area contributed by atoms with Crippen molar-refractivity contribution in [2.75, 3.05) is 36.9 Å². The van der Waals surface area contributed by atoms with E-state index in [-0.39, 0.29) is 25.4 Å². The van der Waals surface area contributed by atoms with E-state index in [1.54, 1.807) is 12.1 Å². The van der Waals surface area contributed by atoms with Crippen LogP contribution in [0.5, 0.6) is 0 Å². The molecule has 2 saturated heterocycles. The predicted molar refractivity (Wildman–Crippen MR) is 75.5 cm³/mol. The minimum atomic E-state index is -0.673. The molecule has 2 atom stereocenters. The molecule has 1 aromatic rings. The Bertz CT molecular complexity index is 550. The lowest BCUT2D eigenvalue weighted by Crippen LogP contribution is -2.39. The first-order chi connectivity index (χ1) is 10.6. The molecule has 22 heavy (non-hydrogen) atoms. The van der Waals surface area contributed by atoms with E-state index in [1.807, 2.05) is 17.0 Å². The summed E-state index contributed by atoms with van der Waals surface area (Å²) in [5.74, 6) is 0. The molecule has 2 unspecified atom stereocenters. The molecule has 2 heterocycles. The van der Waals surface area contributed by atoms with Crippen LogP contribution in [0.4, 0.5) is 21.0 Å². The summed E-state index contributed by atoms with van der Waals surface area (Å²) >= 11 is 0. The Morgan fingerprint density at radius 2 is 1.64 bits per heavy atom. The van der Waals surface area contributed by atoms with Gasteiger partial charge in [0.25, 0.3) is 0 Å². The van der Waals surface area contributed by atoms with Gasteiger partial charge in [-0.05, 0) is 18.2 Å². The summed E-state index contributed by atoms with van der Waals surface area (Å²) in [4.78, 5) is 24.0. The van der Waals surface area contributed by atoms with Crippen LogP contribution in [0.2, 0.25) is 0 Å². The van der Waals surface area contributed by atoms with Gasteiger partial charge in [0.2, 0.25) is 0 Å². The van der Waals surface area contributed by atoms with Crippen LogP contribution < -0.4 is 10.6 Å². The maximum atomic E-state index is 11.0. The lowest BCUT2D eigenvalue weighted by atomic mass is 10.2. The van der Waals surface area contributed by atoms with Gasteiger partial charge in [0, 0.05) is 11.4 Å². The van der Waals surface area contributed by atoms with Gasteiger partial charge in [-0.25, -0.2) is 9.59 Å². The van der Waals surface area contributed by atoms with Crippen molar-refractivity contribution in [3.8, 4) is 0 Å². The third-order valence-corrected chi connectivity index (χ3v) is 3.38. The molecule has 0 aromatic heterocycles. The van der Waals surface area contributed by atoms with Crippen LogP contribution in [0, 0.1) is 0 Å². The third-order valence-electron chi connectivity index (χ3n) is 3.38. The number of carbonyl (C=O) groups excluding carboxylic acids is 2. The Labute approximate surface area is 126 Å². The number of hydrogen-bond acceptors (Lipinski definition) is 8. The molecule has 0 amide bonds. The summed E-state index contributed by atoms with van der Waals surface area (Å²) in [6.07, 6.45) is -2.11. The van der Waals surface area contributed by atoms with E-state index in [1.165, 1.54) is 0 Å². The quantitative estimate of drug-likeness (QED) is 0.638. The SMILES string of the molecule is Nc1cccc(N(CC2COC(=O)O2)CC2COC(=O)O2)c1. The van der Waals surface area contributed by atoms with E-state index in [0.29, 0.717) is 18.8 Å². The molecule has 2 N–H and O–H groups in total. The summed E-state index contributed by atoms with van der Waals surface area (Å²) < 4.78 is 19.7. The fraction of sp³-hybridized carbons (Fsp3) is 0.429. The van der Waals surface area contributed by atoms with E-state index >= 15 is 0 Å². The number of benzene rings is 1. The van der Waals surface area contributed by atoms with Gasteiger partial charge < -0.3 is 29.6 Å². The monoisotopic (exact) mass is 308 g/mol. The molecule has 2 aliphatic rings. The van der Waals surface area contributed by atoms with Crippen LogP contribution in [-0.4, -0.2) is 50.8 Å². The zero-order valence-corrected chi connectivity index (χ0v) is 11.8. The van der Waals surface area contributed by atoms with Gasteiger partial charge in [-0.2, -0.15) is 0 Å². The average Bonchev–Trinajstić information content (AvgIpc) is 3.07. The molecule has 2 fully saturated rings. The second-order valence-electron chi connectivity index (χ2n) is 5.10. The fourth-order valence-electron chi connectivity index (χ4n) is 2.41. The average molecular weight is 308 g/mol.